The van der Waals surface area contributed by atoms with E-state index in [1.807, 2.05) is 30.3 Å². The Morgan fingerprint density at radius 2 is 0.552 bits per heavy atom. The minimum Gasteiger partial charge on any atom is -0.208 e. The van der Waals surface area contributed by atoms with Crippen molar-refractivity contribution in [3.8, 4) is 89.8 Å². The standard InChI is InChI=1S/C55H37N3/c1-5-15-38(16-6-1)48-34-49(39-17-7-2-8-18-39)36-50(35-48)41-25-28-43(29-26-41)51-32-31-47(37-52(51)42-20-9-3-10-21-42)55-57-53(44-22-11-4-12-23-44)56-54(58-55)46-30-27-40-19-13-14-24-45(40)33-46/h1-37H. The minimum atomic E-state index is 0.628. The van der Waals surface area contributed by atoms with Crippen molar-refractivity contribution in [1.82, 2.24) is 15.0 Å². The molecule has 0 aliphatic heterocycles. The quantitative estimate of drug-likeness (QED) is 0.156. The summed E-state index contributed by atoms with van der Waals surface area (Å²) in [6.07, 6.45) is 0. The average Bonchev–Trinajstić information content (AvgIpc) is 3.32. The number of aromatic nitrogens is 3. The molecule has 0 unspecified atom stereocenters. The summed E-state index contributed by atoms with van der Waals surface area (Å²) in [5.74, 6) is 1.91. The van der Waals surface area contributed by atoms with Crippen LogP contribution >= 0.6 is 0 Å². The van der Waals surface area contributed by atoms with Crippen molar-refractivity contribution < 1.29 is 0 Å². The average molecular weight is 740 g/mol. The van der Waals surface area contributed by atoms with Crippen LogP contribution in [0.3, 0.4) is 0 Å². The molecule has 0 atom stereocenters. The highest BCUT2D eigenvalue weighted by molar-refractivity contribution is 5.89. The first-order valence-electron chi connectivity index (χ1n) is 19.6. The fourth-order valence-corrected chi connectivity index (χ4v) is 7.70. The predicted molar refractivity (Wildman–Crippen MR) is 241 cm³/mol. The molecule has 1 aromatic heterocycles. The Morgan fingerprint density at radius 1 is 0.190 bits per heavy atom. The molecule has 0 amide bonds. The highest BCUT2D eigenvalue weighted by Crippen LogP contribution is 2.38. The SMILES string of the molecule is c1ccc(-c2cc(-c3ccccc3)cc(-c3ccc(-c4ccc(-c5nc(-c6ccccc6)nc(-c6ccc7ccccc7c6)n5)cc4-c4ccccc4)cc3)c2)cc1. The molecule has 10 aromatic rings. The van der Waals surface area contributed by atoms with Crippen LogP contribution in [0.5, 0.6) is 0 Å². The summed E-state index contributed by atoms with van der Waals surface area (Å²) in [4.78, 5) is 15.2. The summed E-state index contributed by atoms with van der Waals surface area (Å²) in [5, 5.41) is 2.32. The normalized spacial score (nSPS) is 11.1. The largest absolute Gasteiger partial charge is 0.208 e. The van der Waals surface area contributed by atoms with Crippen LogP contribution in [0, 0.1) is 0 Å². The first-order chi connectivity index (χ1) is 28.7. The van der Waals surface area contributed by atoms with Crippen molar-refractivity contribution in [1.29, 1.82) is 0 Å². The third-order valence-electron chi connectivity index (χ3n) is 10.7. The third kappa shape index (κ3) is 7.09. The molecule has 1 heterocycles. The van der Waals surface area contributed by atoms with Gasteiger partial charge in [-0.2, -0.15) is 0 Å². The molecule has 58 heavy (non-hydrogen) atoms. The van der Waals surface area contributed by atoms with E-state index in [2.05, 4.69) is 194 Å². The van der Waals surface area contributed by atoms with E-state index < -0.39 is 0 Å². The molecule has 0 N–H and O–H groups in total. The monoisotopic (exact) mass is 739 g/mol. The molecule has 0 saturated carbocycles. The number of nitrogens with zero attached hydrogens (tertiary/aromatic N) is 3. The minimum absolute atomic E-state index is 0.628. The molecule has 0 aliphatic rings. The van der Waals surface area contributed by atoms with Crippen LogP contribution in [0.2, 0.25) is 0 Å². The molecule has 0 fully saturated rings. The Hall–Kier alpha value is -7.75. The Morgan fingerprint density at radius 3 is 1.10 bits per heavy atom. The van der Waals surface area contributed by atoms with Gasteiger partial charge in [-0.25, -0.2) is 15.0 Å². The van der Waals surface area contributed by atoms with E-state index >= 15 is 0 Å². The summed E-state index contributed by atoms with van der Waals surface area (Å²) in [7, 11) is 0. The zero-order valence-electron chi connectivity index (χ0n) is 31.7. The molecule has 0 aliphatic carbocycles. The fourth-order valence-electron chi connectivity index (χ4n) is 7.70. The second-order valence-electron chi connectivity index (χ2n) is 14.5. The highest BCUT2D eigenvalue weighted by atomic mass is 15.0. The third-order valence-corrected chi connectivity index (χ3v) is 10.7. The van der Waals surface area contributed by atoms with Gasteiger partial charge in [0, 0.05) is 16.7 Å². The second-order valence-corrected chi connectivity index (χ2v) is 14.5. The Balaban J connectivity index is 1.07. The van der Waals surface area contributed by atoms with Crippen LogP contribution in [0.4, 0.5) is 0 Å². The van der Waals surface area contributed by atoms with Gasteiger partial charge in [-0.1, -0.05) is 194 Å². The predicted octanol–water partition coefficient (Wildman–Crippen LogP) is 14.4. The number of fused-ring (bicyclic) bond motifs is 1. The van der Waals surface area contributed by atoms with E-state index in [0.717, 1.165) is 49.9 Å². The van der Waals surface area contributed by atoms with Crippen molar-refractivity contribution in [2.75, 3.05) is 0 Å². The van der Waals surface area contributed by atoms with Gasteiger partial charge in [-0.3, -0.25) is 0 Å². The molecule has 0 radical (unpaired) electrons. The number of rotatable bonds is 8. The maximum atomic E-state index is 5.12. The van der Waals surface area contributed by atoms with Gasteiger partial charge in [-0.05, 0) is 96.7 Å². The lowest BCUT2D eigenvalue weighted by atomic mass is 9.90. The zero-order chi connectivity index (χ0) is 38.7. The van der Waals surface area contributed by atoms with E-state index in [4.69, 9.17) is 15.0 Å². The molecular weight excluding hydrogens is 703 g/mol. The highest BCUT2D eigenvalue weighted by Gasteiger charge is 2.16. The van der Waals surface area contributed by atoms with E-state index in [9.17, 15) is 0 Å². The van der Waals surface area contributed by atoms with Crippen molar-refractivity contribution in [2.24, 2.45) is 0 Å². The van der Waals surface area contributed by atoms with Crippen LogP contribution in [-0.2, 0) is 0 Å². The second kappa shape index (κ2) is 15.4. The molecular formula is C55H37N3. The van der Waals surface area contributed by atoms with Gasteiger partial charge in [0.15, 0.2) is 17.5 Å². The summed E-state index contributed by atoms with van der Waals surface area (Å²) in [6, 6.07) is 79.1. The van der Waals surface area contributed by atoms with E-state index in [-0.39, 0.29) is 0 Å². The smallest absolute Gasteiger partial charge is 0.164 e. The molecule has 0 spiro atoms. The van der Waals surface area contributed by atoms with Crippen LogP contribution in [0.1, 0.15) is 0 Å². The van der Waals surface area contributed by atoms with E-state index in [1.54, 1.807) is 0 Å². The topological polar surface area (TPSA) is 38.7 Å². The van der Waals surface area contributed by atoms with Crippen molar-refractivity contribution in [3.05, 3.63) is 224 Å². The first-order valence-corrected chi connectivity index (χ1v) is 19.6. The van der Waals surface area contributed by atoms with Gasteiger partial charge >= 0.3 is 0 Å². The lowest BCUT2D eigenvalue weighted by Crippen LogP contribution is -2.00. The lowest BCUT2D eigenvalue weighted by molar-refractivity contribution is 1.07. The van der Waals surface area contributed by atoms with Gasteiger partial charge in [0.25, 0.3) is 0 Å². The number of benzene rings is 9. The Bertz CT molecular complexity index is 2960. The summed E-state index contributed by atoms with van der Waals surface area (Å²) >= 11 is 0. The van der Waals surface area contributed by atoms with Crippen molar-refractivity contribution in [2.45, 2.75) is 0 Å². The molecule has 0 bridgehead atoms. The van der Waals surface area contributed by atoms with Gasteiger partial charge in [-0.15, -0.1) is 0 Å². The van der Waals surface area contributed by atoms with Crippen LogP contribution < -0.4 is 0 Å². The maximum absolute atomic E-state index is 5.12. The Labute approximate surface area is 338 Å². The van der Waals surface area contributed by atoms with Gasteiger partial charge in [0.05, 0.1) is 0 Å². The lowest BCUT2D eigenvalue weighted by Gasteiger charge is -2.15. The van der Waals surface area contributed by atoms with Crippen LogP contribution in [0.15, 0.2) is 224 Å². The summed E-state index contributed by atoms with van der Waals surface area (Å²) < 4.78 is 0. The molecule has 3 nitrogen and oxygen atoms in total. The summed E-state index contributed by atoms with van der Waals surface area (Å²) in [5.41, 5.74) is 14.4. The van der Waals surface area contributed by atoms with E-state index in [1.165, 1.54) is 33.2 Å². The van der Waals surface area contributed by atoms with E-state index in [0.29, 0.717) is 17.5 Å². The zero-order valence-corrected chi connectivity index (χ0v) is 31.7. The molecule has 272 valence electrons. The van der Waals surface area contributed by atoms with Crippen LogP contribution in [-0.4, -0.2) is 15.0 Å². The first kappa shape index (κ1) is 34.7. The maximum Gasteiger partial charge on any atom is 0.164 e. The van der Waals surface area contributed by atoms with Gasteiger partial charge in [0.2, 0.25) is 0 Å². The molecule has 0 saturated heterocycles. The number of hydrogen-bond donors (Lipinski definition) is 0. The van der Waals surface area contributed by atoms with Crippen molar-refractivity contribution >= 4 is 10.8 Å². The van der Waals surface area contributed by atoms with Crippen molar-refractivity contribution in [3.63, 3.8) is 0 Å². The Kier molecular flexibility index (Phi) is 9.23. The molecule has 10 rings (SSSR count). The fraction of sp³-hybridized carbons (Fsp3) is 0. The van der Waals surface area contributed by atoms with Gasteiger partial charge < -0.3 is 0 Å². The summed E-state index contributed by atoms with van der Waals surface area (Å²) in [6.45, 7) is 0. The molecule has 3 heteroatoms. The number of hydrogen-bond acceptors (Lipinski definition) is 3. The molecule has 9 aromatic carbocycles. The van der Waals surface area contributed by atoms with Gasteiger partial charge in [0.1, 0.15) is 0 Å². The van der Waals surface area contributed by atoms with Crippen LogP contribution in [0.25, 0.3) is 101 Å².